The van der Waals surface area contributed by atoms with Crippen LogP contribution in [-0.4, -0.2) is 42.8 Å². The number of oxime groups is 1. The molecule has 1 saturated heterocycles. The Balaban J connectivity index is 1.63. The number of aryl methyl sites for hydroxylation is 1. The number of carboxylic acid groups (broad SMARTS) is 1. The van der Waals surface area contributed by atoms with Gasteiger partial charge in [-0.2, -0.15) is 0 Å². The number of hydrogen-bond acceptors (Lipinski definition) is 6. The van der Waals surface area contributed by atoms with E-state index in [4.69, 9.17) is 19.4 Å². The number of hydrogen-bond donors (Lipinski definition) is 1. The molecular weight excluding hydrogens is 350 g/mol. The highest BCUT2D eigenvalue weighted by molar-refractivity contribution is 6.00. The smallest absolute Gasteiger partial charge is 0.450 e. The van der Waals surface area contributed by atoms with E-state index in [9.17, 15) is 4.79 Å². The van der Waals surface area contributed by atoms with E-state index < -0.39 is 12.1 Å². The van der Waals surface area contributed by atoms with Crippen LogP contribution >= 0.6 is 0 Å². The SMILES string of the molecule is CCC(=NOCCCCC1COC(C)(OC(=O)O)OC1)c1ccc(C)cc1. The Morgan fingerprint density at radius 1 is 1.26 bits per heavy atom. The fourth-order valence-corrected chi connectivity index (χ4v) is 2.80. The van der Waals surface area contributed by atoms with Crippen molar-refractivity contribution >= 4 is 11.9 Å². The summed E-state index contributed by atoms with van der Waals surface area (Å²) >= 11 is 0. The van der Waals surface area contributed by atoms with E-state index in [1.807, 2.05) is 0 Å². The third kappa shape index (κ3) is 7.19. The van der Waals surface area contributed by atoms with Crippen molar-refractivity contribution in [3.05, 3.63) is 35.4 Å². The lowest BCUT2D eigenvalue weighted by Crippen LogP contribution is -2.45. The van der Waals surface area contributed by atoms with E-state index >= 15 is 0 Å². The van der Waals surface area contributed by atoms with Crippen molar-refractivity contribution in [2.75, 3.05) is 19.8 Å². The van der Waals surface area contributed by atoms with E-state index in [2.05, 4.69) is 48.0 Å². The molecule has 0 amide bonds. The molecule has 0 bridgehead atoms. The quantitative estimate of drug-likeness (QED) is 0.297. The van der Waals surface area contributed by atoms with E-state index in [0.29, 0.717) is 19.8 Å². The first-order valence-electron chi connectivity index (χ1n) is 9.37. The second-order valence-electron chi connectivity index (χ2n) is 6.80. The average molecular weight is 379 g/mol. The van der Waals surface area contributed by atoms with Crippen molar-refractivity contribution in [1.29, 1.82) is 0 Å². The molecule has 1 N–H and O–H groups in total. The summed E-state index contributed by atoms with van der Waals surface area (Å²) in [6, 6.07) is 8.26. The topological polar surface area (TPSA) is 86.6 Å². The van der Waals surface area contributed by atoms with Crippen LogP contribution in [0.5, 0.6) is 0 Å². The minimum atomic E-state index is -1.49. The fraction of sp³-hybridized carbons (Fsp3) is 0.600. The van der Waals surface area contributed by atoms with Gasteiger partial charge in [-0.3, -0.25) is 0 Å². The second kappa shape index (κ2) is 10.3. The van der Waals surface area contributed by atoms with Gasteiger partial charge in [0.15, 0.2) is 0 Å². The molecule has 0 saturated carbocycles. The predicted molar refractivity (Wildman–Crippen MR) is 101 cm³/mol. The van der Waals surface area contributed by atoms with Crippen molar-refractivity contribution in [3.8, 4) is 0 Å². The van der Waals surface area contributed by atoms with Crippen LogP contribution in [-0.2, 0) is 19.0 Å². The first kappa shape index (κ1) is 21.2. The molecule has 1 aliphatic heterocycles. The van der Waals surface area contributed by atoms with Gasteiger partial charge in [-0.1, -0.05) is 41.9 Å². The Hall–Kier alpha value is -2.12. The molecule has 27 heavy (non-hydrogen) atoms. The Morgan fingerprint density at radius 3 is 2.52 bits per heavy atom. The Labute approximate surface area is 160 Å². The van der Waals surface area contributed by atoms with E-state index in [1.165, 1.54) is 12.5 Å². The maximum absolute atomic E-state index is 10.6. The number of unbranched alkanes of at least 4 members (excludes halogenated alkanes) is 1. The van der Waals surface area contributed by atoms with E-state index in [0.717, 1.165) is 37.0 Å². The Kier molecular flexibility index (Phi) is 8.06. The lowest BCUT2D eigenvalue weighted by Gasteiger charge is -2.35. The molecule has 1 aromatic carbocycles. The second-order valence-corrected chi connectivity index (χ2v) is 6.80. The van der Waals surface area contributed by atoms with Gasteiger partial charge >= 0.3 is 12.1 Å². The molecule has 0 radical (unpaired) electrons. The molecule has 1 fully saturated rings. The summed E-state index contributed by atoms with van der Waals surface area (Å²) in [4.78, 5) is 16.1. The van der Waals surface area contributed by atoms with Crippen LogP contribution in [0.2, 0.25) is 0 Å². The largest absolute Gasteiger partial charge is 0.510 e. The summed E-state index contributed by atoms with van der Waals surface area (Å²) in [6.45, 7) is 6.97. The van der Waals surface area contributed by atoms with Gasteiger partial charge in [0.05, 0.1) is 18.9 Å². The predicted octanol–water partition coefficient (Wildman–Crippen LogP) is 4.33. The molecule has 0 spiro atoms. The van der Waals surface area contributed by atoms with Gasteiger partial charge in [-0.25, -0.2) is 4.79 Å². The lowest BCUT2D eigenvalue weighted by molar-refractivity contribution is -0.379. The van der Waals surface area contributed by atoms with Crippen molar-refractivity contribution in [2.45, 2.75) is 52.4 Å². The van der Waals surface area contributed by atoms with Crippen molar-refractivity contribution in [3.63, 3.8) is 0 Å². The summed E-state index contributed by atoms with van der Waals surface area (Å²) in [6.07, 6.45) is 2.15. The number of rotatable bonds is 9. The van der Waals surface area contributed by atoms with Gasteiger partial charge in [-0.05, 0) is 38.2 Å². The molecule has 0 aromatic heterocycles. The van der Waals surface area contributed by atoms with E-state index in [-0.39, 0.29) is 5.92 Å². The molecule has 2 rings (SSSR count). The first-order chi connectivity index (χ1) is 12.9. The highest BCUT2D eigenvalue weighted by Gasteiger charge is 2.36. The molecule has 1 heterocycles. The zero-order valence-corrected chi connectivity index (χ0v) is 16.3. The normalized spacial score (nSPS) is 23.1. The van der Waals surface area contributed by atoms with Gasteiger partial charge in [0.25, 0.3) is 0 Å². The molecule has 1 aliphatic rings. The summed E-state index contributed by atoms with van der Waals surface area (Å²) in [5.41, 5.74) is 3.26. The standard InChI is InChI=1S/C20H29NO6/c1-4-18(17-10-8-15(2)9-11-17)21-26-12-6-5-7-16-13-24-20(3,25-14-16)27-19(22)23/h8-11,16H,4-7,12-14H2,1-3H3,(H,22,23). The van der Waals surface area contributed by atoms with Crippen molar-refractivity contribution in [2.24, 2.45) is 11.1 Å². The molecule has 0 aliphatic carbocycles. The molecular formula is C20H29NO6. The third-order valence-corrected chi connectivity index (χ3v) is 4.43. The number of nitrogens with zero attached hydrogens (tertiary/aromatic N) is 1. The maximum atomic E-state index is 10.6. The minimum Gasteiger partial charge on any atom is -0.450 e. The Bertz CT molecular complexity index is 620. The van der Waals surface area contributed by atoms with Crippen LogP contribution < -0.4 is 0 Å². The number of ether oxygens (including phenoxy) is 3. The molecule has 150 valence electrons. The Morgan fingerprint density at radius 2 is 1.93 bits per heavy atom. The van der Waals surface area contributed by atoms with Crippen LogP contribution in [0.3, 0.4) is 0 Å². The molecule has 0 atom stereocenters. The van der Waals surface area contributed by atoms with Crippen molar-refractivity contribution < 1.29 is 28.9 Å². The van der Waals surface area contributed by atoms with Crippen LogP contribution in [0.1, 0.15) is 50.7 Å². The van der Waals surface area contributed by atoms with Gasteiger partial charge in [-0.15, -0.1) is 0 Å². The molecule has 7 nitrogen and oxygen atoms in total. The molecule has 0 unspecified atom stereocenters. The van der Waals surface area contributed by atoms with Crippen molar-refractivity contribution in [1.82, 2.24) is 0 Å². The maximum Gasteiger partial charge on any atom is 0.510 e. The molecule has 1 aromatic rings. The van der Waals surface area contributed by atoms with Crippen LogP contribution in [0, 0.1) is 12.8 Å². The fourth-order valence-electron chi connectivity index (χ4n) is 2.80. The molecule has 7 heteroatoms. The number of benzene rings is 1. The highest BCUT2D eigenvalue weighted by atomic mass is 16.9. The zero-order valence-electron chi connectivity index (χ0n) is 16.3. The van der Waals surface area contributed by atoms with Gasteiger partial charge in [0.2, 0.25) is 0 Å². The highest BCUT2D eigenvalue weighted by Crippen LogP contribution is 2.25. The summed E-state index contributed by atoms with van der Waals surface area (Å²) in [7, 11) is 0. The van der Waals surface area contributed by atoms with Crippen LogP contribution in [0.25, 0.3) is 0 Å². The summed E-state index contributed by atoms with van der Waals surface area (Å²) < 4.78 is 15.4. The van der Waals surface area contributed by atoms with Gasteiger partial charge in [0, 0.05) is 12.8 Å². The number of carbonyl (C=O) groups is 1. The summed E-state index contributed by atoms with van der Waals surface area (Å²) in [5.74, 6) is -1.27. The lowest BCUT2D eigenvalue weighted by atomic mass is 10.0. The summed E-state index contributed by atoms with van der Waals surface area (Å²) in [5, 5.41) is 12.9. The average Bonchev–Trinajstić information content (AvgIpc) is 2.63. The zero-order chi connectivity index (χ0) is 19.7. The van der Waals surface area contributed by atoms with E-state index in [1.54, 1.807) is 0 Å². The van der Waals surface area contributed by atoms with Crippen LogP contribution in [0.15, 0.2) is 29.4 Å². The van der Waals surface area contributed by atoms with Gasteiger partial charge in [0.1, 0.15) is 6.61 Å². The monoisotopic (exact) mass is 379 g/mol. The third-order valence-electron chi connectivity index (χ3n) is 4.43. The minimum absolute atomic E-state index is 0.220. The van der Waals surface area contributed by atoms with Gasteiger partial charge < -0.3 is 24.2 Å². The first-order valence-corrected chi connectivity index (χ1v) is 9.37. The van der Waals surface area contributed by atoms with Crippen LogP contribution in [0.4, 0.5) is 4.79 Å².